The van der Waals surface area contributed by atoms with E-state index in [9.17, 15) is 0 Å². The van der Waals surface area contributed by atoms with Gasteiger partial charge in [0.25, 0.3) is 0 Å². The molecule has 0 bridgehead atoms. The van der Waals surface area contributed by atoms with Gasteiger partial charge in [-0.3, -0.25) is 5.10 Å². The van der Waals surface area contributed by atoms with E-state index in [0.29, 0.717) is 5.92 Å². The molecule has 0 saturated heterocycles. The minimum Gasteiger partial charge on any atom is -0.304 e. The fourth-order valence-electron chi connectivity index (χ4n) is 1.84. The van der Waals surface area contributed by atoms with E-state index in [1.807, 2.05) is 0 Å². The largest absolute Gasteiger partial charge is 0.304 e. The summed E-state index contributed by atoms with van der Waals surface area (Å²) in [4.78, 5) is 0. The molecule has 1 aliphatic rings. The molecule has 2 rings (SSSR count). The Balaban J connectivity index is 2.17. The standard InChI is InChI=1S/C10H17N3S/c1-2-3-7-13-9(8-5-4-6-8)11-12-10(13)14/h8H,2-7H2,1H3,(H,12,14). The summed E-state index contributed by atoms with van der Waals surface area (Å²) in [5.41, 5.74) is 0. The van der Waals surface area contributed by atoms with Gasteiger partial charge in [0.1, 0.15) is 5.82 Å². The number of hydrogen-bond donors (Lipinski definition) is 1. The average Bonchev–Trinajstić information content (AvgIpc) is 2.42. The van der Waals surface area contributed by atoms with Crippen LogP contribution in [0.3, 0.4) is 0 Å². The van der Waals surface area contributed by atoms with Crippen molar-refractivity contribution in [2.75, 3.05) is 0 Å². The highest BCUT2D eigenvalue weighted by atomic mass is 32.1. The monoisotopic (exact) mass is 211 g/mol. The van der Waals surface area contributed by atoms with Gasteiger partial charge < -0.3 is 4.57 Å². The number of rotatable bonds is 4. The first-order valence-corrected chi connectivity index (χ1v) is 5.89. The highest BCUT2D eigenvalue weighted by Gasteiger charge is 2.24. The Morgan fingerprint density at radius 2 is 2.36 bits per heavy atom. The van der Waals surface area contributed by atoms with E-state index in [1.165, 1.54) is 37.9 Å². The molecular formula is C10H17N3S. The summed E-state index contributed by atoms with van der Waals surface area (Å²) in [5, 5.41) is 7.25. The molecule has 0 unspecified atom stereocenters. The van der Waals surface area contributed by atoms with Gasteiger partial charge in [-0.2, -0.15) is 5.10 Å². The second-order valence-corrected chi connectivity index (χ2v) is 4.41. The van der Waals surface area contributed by atoms with Gasteiger partial charge in [0, 0.05) is 12.5 Å². The lowest BCUT2D eigenvalue weighted by atomic mass is 9.85. The zero-order valence-electron chi connectivity index (χ0n) is 8.62. The molecule has 0 atom stereocenters. The van der Waals surface area contributed by atoms with E-state index >= 15 is 0 Å². The molecule has 3 nitrogen and oxygen atoms in total. The van der Waals surface area contributed by atoms with Gasteiger partial charge >= 0.3 is 0 Å². The van der Waals surface area contributed by atoms with Crippen molar-refractivity contribution in [3.05, 3.63) is 10.6 Å². The summed E-state index contributed by atoms with van der Waals surface area (Å²) in [7, 11) is 0. The number of H-pyrrole nitrogens is 1. The molecule has 1 fully saturated rings. The molecule has 14 heavy (non-hydrogen) atoms. The number of unbranched alkanes of at least 4 members (excludes halogenated alkanes) is 1. The second-order valence-electron chi connectivity index (χ2n) is 4.02. The van der Waals surface area contributed by atoms with Crippen LogP contribution in [0.25, 0.3) is 0 Å². The van der Waals surface area contributed by atoms with E-state index < -0.39 is 0 Å². The molecule has 1 aromatic rings. The minimum absolute atomic E-state index is 0.666. The Morgan fingerprint density at radius 3 is 2.93 bits per heavy atom. The predicted octanol–water partition coefficient (Wildman–Crippen LogP) is 3.01. The van der Waals surface area contributed by atoms with Gasteiger partial charge in [0.05, 0.1) is 0 Å². The van der Waals surface area contributed by atoms with Gasteiger partial charge in [-0.05, 0) is 31.5 Å². The van der Waals surface area contributed by atoms with Crippen molar-refractivity contribution in [1.29, 1.82) is 0 Å². The van der Waals surface area contributed by atoms with Crippen molar-refractivity contribution in [2.45, 2.75) is 51.5 Å². The molecule has 1 aliphatic carbocycles. The van der Waals surface area contributed by atoms with Crippen LogP contribution in [0.2, 0.25) is 0 Å². The number of nitrogens with zero attached hydrogens (tertiary/aromatic N) is 2. The topological polar surface area (TPSA) is 33.6 Å². The van der Waals surface area contributed by atoms with E-state index in [2.05, 4.69) is 21.7 Å². The van der Waals surface area contributed by atoms with Crippen LogP contribution in [-0.2, 0) is 6.54 Å². The normalized spacial score (nSPS) is 16.9. The molecule has 0 radical (unpaired) electrons. The van der Waals surface area contributed by atoms with Crippen molar-refractivity contribution in [3.63, 3.8) is 0 Å². The highest BCUT2D eigenvalue weighted by molar-refractivity contribution is 7.71. The maximum Gasteiger partial charge on any atom is 0.195 e. The number of aromatic amines is 1. The van der Waals surface area contributed by atoms with E-state index in [-0.39, 0.29) is 0 Å². The summed E-state index contributed by atoms with van der Waals surface area (Å²) in [6.07, 6.45) is 6.31. The van der Waals surface area contributed by atoms with E-state index in [0.717, 1.165) is 11.3 Å². The molecule has 0 amide bonds. The van der Waals surface area contributed by atoms with Crippen LogP contribution in [0, 0.1) is 4.77 Å². The SMILES string of the molecule is CCCCn1c(C2CCC2)n[nH]c1=S. The van der Waals surface area contributed by atoms with Crippen LogP contribution < -0.4 is 0 Å². The summed E-state index contributed by atoms with van der Waals surface area (Å²) >= 11 is 5.22. The minimum atomic E-state index is 0.666. The molecule has 78 valence electrons. The van der Waals surface area contributed by atoms with E-state index in [1.54, 1.807) is 0 Å². The van der Waals surface area contributed by atoms with Crippen molar-refractivity contribution in [3.8, 4) is 0 Å². The molecule has 1 N–H and O–H groups in total. The fraction of sp³-hybridized carbons (Fsp3) is 0.800. The number of nitrogens with one attached hydrogen (secondary N) is 1. The molecule has 0 spiro atoms. The molecule has 1 aromatic heterocycles. The van der Waals surface area contributed by atoms with Crippen LogP contribution in [0.5, 0.6) is 0 Å². The Kier molecular flexibility index (Phi) is 3.01. The Bertz CT molecular complexity index is 348. The predicted molar refractivity (Wildman–Crippen MR) is 58.9 cm³/mol. The highest BCUT2D eigenvalue weighted by Crippen LogP contribution is 2.35. The van der Waals surface area contributed by atoms with Crippen LogP contribution in [0.4, 0.5) is 0 Å². The first-order valence-electron chi connectivity index (χ1n) is 5.48. The third kappa shape index (κ3) is 1.75. The van der Waals surface area contributed by atoms with Gasteiger partial charge in [-0.25, -0.2) is 0 Å². The van der Waals surface area contributed by atoms with Crippen molar-refractivity contribution >= 4 is 12.2 Å². The molecular weight excluding hydrogens is 194 g/mol. The Hall–Kier alpha value is -0.640. The summed E-state index contributed by atoms with van der Waals surface area (Å²) in [6, 6.07) is 0. The quantitative estimate of drug-likeness (QED) is 0.777. The van der Waals surface area contributed by atoms with Crippen molar-refractivity contribution in [2.24, 2.45) is 0 Å². The fourth-order valence-corrected chi connectivity index (χ4v) is 2.07. The zero-order chi connectivity index (χ0) is 9.97. The summed E-state index contributed by atoms with van der Waals surface area (Å²) in [5.74, 6) is 1.86. The van der Waals surface area contributed by atoms with Gasteiger partial charge in [0.15, 0.2) is 4.77 Å². The number of aromatic nitrogens is 3. The first-order chi connectivity index (χ1) is 6.83. The summed E-state index contributed by atoms with van der Waals surface area (Å²) in [6.45, 7) is 3.23. The van der Waals surface area contributed by atoms with Crippen LogP contribution in [0.15, 0.2) is 0 Å². The molecule has 0 aromatic carbocycles. The third-order valence-electron chi connectivity index (χ3n) is 2.99. The molecule has 4 heteroatoms. The molecule has 1 heterocycles. The lowest BCUT2D eigenvalue weighted by Crippen LogP contribution is -2.15. The zero-order valence-corrected chi connectivity index (χ0v) is 9.44. The molecule has 1 saturated carbocycles. The lowest BCUT2D eigenvalue weighted by Gasteiger charge is -2.24. The Labute approximate surface area is 89.5 Å². The van der Waals surface area contributed by atoms with Gasteiger partial charge in [-0.15, -0.1) is 0 Å². The lowest BCUT2D eigenvalue weighted by molar-refractivity contribution is 0.383. The third-order valence-corrected chi connectivity index (χ3v) is 3.31. The van der Waals surface area contributed by atoms with Gasteiger partial charge in [0.2, 0.25) is 0 Å². The maximum atomic E-state index is 5.22. The van der Waals surface area contributed by atoms with E-state index in [4.69, 9.17) is 12.2 Å². The number of hydrogen-bond acceptors (Lipinski definition) is 2. The average molecular weight is 211 g/mol. The molecule has 0 aliphatic heterocycles. The van der Waals surface area contributed by atoms with Crippen LogP contribution in [0.1, 0.15) is 50.8 Å². The van der Waals surface area contributed by atoms with Crippen LogP contribution in [-0.4, -0.2) is 14.8 Å². The first kappa shape index (κ1) is 9.90. The van der Waals surface area contributed by atoms with Crippen LogP contribution >= 0.6 is 12.2 Å². The van der Waals surface area contributed by atoms with Gasteiger partial charge in [-0.1, -0.05) is 19.8 Å². The smallest absolute Gasteiger partial charge is 0.195 e. The Morgan fingerprint density at radius 1 is 1.57 bits per heavy atom. The van der Waals surface area contributed by atoms with Crippen molar-refractivity contribution in [1.82, 2.24) is 14.8 Å². The summed E-state index contributed by atoms with van der Waals surface area (Å²) < 4.78 is 2.98. The van der Waals surface area contributed by atoms with Crippen molar-refractivity contribution < 1.29 is 0 Å². The second kappa shape index (κ2) is 4.26. The maximum absolute atomic E-state index is 5.22.